The predicted octanol–water partition coefficient (Wildman–Crippen LogP) is 1.88. The summed E-state index contributed by atoms with van der Waals surface area (Å²) in [6.45, 7) is 6.47. The third-order valence-corrected chi connectivity index (χ3v) is 4.73. The fraction of sp³-hybridized carbons (Fsp3) is 0.500. The van der Waals surface area contributed by atoms with Crippen LogP contribution in [0.3, 0.4) is 0 Å². The largest absolute Gasteiger partial charge is 0.331 e. The van der Waals surface area contributed by atoms with Gasteiger partial charge in [-0.1, -0.05) is 25.5 Å². The highest BCUT2D eigenvalue weighted by molar-refractivity contribution is 5.83. The van der Waals surface area contributed by atoms with Crippen molar-refractivity contribution in [3.63, 3.8) is 0 Å². The molecule has 2 aromatic rings. The van der Waals surface area contributed by atoms with Crippen LogP contribution in [0.1, 0.15) is 44.1 Å². The first-order valence-electron chi connectivity index (χ1n) is 8.45. The van der Waals surface area contributed by atoms with Crippen molar-refractivity contribution in [2.24, 2.45) is 11.7 Å². The van der Waals surface area contributed by atoms with Gasteiger partial charge in [0.2, 0.25) is 5.91 Å². The molecule has 24 heavy (non-hydrogen) atoms. The second kappa shape index (κ2) is 6.36. The summed E-state index contributed by atoms with van der Waals surface area (Å²) >= 11 is 0. The number of nitrogens with zero attached hydrogens (tertiary/aromatic N) is 2. The van der Waals surface area contributed by atoms with Crippen LogP contribution >= 0.6 is 0 Å². The maximum absolute atomic E-state index is 12.6. The lowest BCUT2D eigenvalue weighted by Crippen LogP contribution is -2.46. The molecule has 0 spiro atoms. The number of aryl methyl sites for hydroxylation is 1. The molecule has 0 aliphatic carbocycles. The van der Waals surface area contributed by atoms with E-state index in [2.05, 4.69) is 9.97 Å². The van der Waals surface area contributed by atoms with Crippen molar-refractivity contribution in [2.45, 2.75) is 45.7 Å². The van der Waals surface area contributed by atoms with Crippen molar-refractivity contribution >= 4 is 16.8 Å². The second-order valence-electron chi connectivity index (χ2n) is 6.93. The number of likely N-dealkylation sites (tertiary alicyclic amines) is 1. The number of rotatable bonds is 3. The summed E-state index contributed by atoms with van der Waals surface area (Å²) in [5.41, 5.74) is 7.55. The van der Waals surface area contributed by atoms with Crippen LogP contribution in [0.15, 0.2) is 23.0 Å². The van der Waals surface area contributed by atoms with Crippen LogP contribution in [0.2, 0.25) is 0 Å². The minimum atomic E-state index is -0.527. The minimum Gasteiger partial charge on any atom is -0.331 e. The molecular formula is C18H24N4O2. The van der Waals surface area contributed by atoms with Crippen LogP contribution in [-0.2, 0) is 4.79 Å². The second-order valence-corrected chi connectivity index (χ2v) is 6.93. The standard InChI is InChI=1S/C18H24N4O2/c1-10(2)15(19)18(24)22-8-4-5-14(22)16-20-13-7-6-11(3)9-12(13)17(23)21-16/h6-7,9-10,14-15H,4-5,8,19H2,1-3H3,(H,20,21,23). The molecule has 2 atom stereocenters. The number of nitrogens with one attached hydrogen (secondary N) is 1. The number of hydrogen-bond acceptors (Lipinski definition) is 4. The molecule has 2 unspecified atom stereocenters. The first-order chi connectivity index (χ1) is 11.4. The average molecular weight is 328 g/mol. The molecule has 0 saturated carbocycles. The van der Waals surface area contributed by atoms with E-state index in [-0.39, 0.29) is 23.4 Å². The fourth-order valence-corrected chi connectivity index (χ4v) is 3.22. The summed E-state index contributed by atoms with van der Waals surface area (Å²) in [7, 11) is 0. The molecule has 1 amide bonds. The number of fused-ring (bicyclic) bond motifs is 1. The number of benzene rings is 1. The average Bonchev–Trinajstić information content (AvgIpc) is 3.03. The van der Waals surface area contributed by atoms with E-state index in [9.17, 15) is 9.59 Å². The Labute approximate surface area is 141 Å². The van der Waals surface area contributed by atoms with Gasteiger partial charge in [-0.15, -0.1) is 0 Å². The molecule has 3 rings (SSSR count). The van der Waals surface area contributed by atoms with Gasteiger partial charge in [-0.25, -0.2) is 4.98 Å². The number of nitrogens with two attached hydrogens (primary N) is 1. The number of aromatic amines is 1. The van der Waals surface area contributed by atoms with Gasteiger partial charge in [0.05, 0.1) is 23.0 Å². The van der Waals surface area contributed by atoms with Gasteiger partial charge >= 0.3 is 0 Å². The Bertz CT molecular complexity index is 827. The van der Waals surface area contributed by atoms with Crippen molar-refractivity contribution in [1.29, 1.82) is 0 Å². The molecule has 1 fully saturated rings. The fourth-order valence-electron chi connectivity index (χ4n) is 3.22. The van der Waals surface area contributed by atoms with Crippen LogP contribution in [-0.4, -0.2) is 33.4 Å². The van der Waals surface area contributed by atoms with Gasteiger partial charge < -0.3 is 15.6 Å². The topological polar surface area (TPSA) is 92.1 Å². The molecule has 2 heterocycles. The quantitative estimate of drug-likeness (QED) is 0.900. The third kappa shape index (κ3) is 2.94. The molecule has 0 radical (unpaired) electrons. The normalized spacial score (nSPS) is 19.2. The minimum absolute atomic E-state index is 0.0702. The number of amides is 1. The summed E-state index contributed by atoms with van der Waals surface area (Å²) in [6.07, 6.45) is 1.67. The highest BCUT2D eigenvalue weighted by Crippen LogP contribution is 2.31. The van der Waals surface area contributed by atoms with Crippen molar-refractivity contribution in [3.8, 4) is 0 Å². The van der Waals surface area contributed by atoms with Crippen LogP contribution in [0, 0.1) is 12.8 Å². The van der Waals surface area contributed by atoms with E-state index in [0.717, 1.165) is 18.4 Å². The molecule has 1 aromatic heterocycles. The molecule has 1 aliphatic rings. The van der Waals surface area contributed by atoms with Gasteiger partial charge in [0.15, 0.2) is 0 Å². The maximum Gasteiger partial charge on any atom is 0.258 e. The molecule has 6 heteroatoms. The van der Waals surface area contributed by atoms with Crippen LogP contribution in [0.4, 0.5) is 0 Å². The van der Waals surface area contributed by atoms with Crippen LogP contribution in [0.25, 0.3) is 10.9 Å². The molecular weight excluding hydrogens is 304 g/mol. The van der Waals surface area contributed by atoms with Crippen molar-refractivity contribution < 1.29 is 4.79 Å². The summed E-state index contributed by atoms with van der Waals surface area (Å²) in [4.78, 5) is 34.3. The van der Waals surface area contributed by atoms with Crippen molar-refractivity contribution in [2.75, 3.05) is 6.54 Å². The lowest BCUT2D eigenvalue weighted by atomic mass is 10.0. The van der Waals surface area contributed by atoms with E-state index in [1.807, 2.05) is 39.0 Å². The number of hydrogen-bond donors (Lipinski definition) is 2. The van der Waals surface area contributed by atoms with E-state index in [1.54, 1.807) is 4.90 Å². The highest BCUT2D eigenvalue weighted by atomic mass is 16.2. The van der Waals surface area contributed by atoms with Gasteiger partial charge in [-0.2, -0.15) is 0 Å². The Balaban J connectivity index is 1.98. The Morgan fingerprint density at radius 2 is 2.17 bits per heavy atom. The first-order valence-corrected chi connectivity index (χ1v) is 8.45. The Hall–Kier alpha value is -2.21. The predicted molar refractivity (Wildman–Crippen MR) is 93.6 cm³/mol. The van der Waals surface area contributed by atoms with E-state index in [0.29, 0.717) is 23.3 Å². The summed E-state index contributed by atoms with van der Waals surface area (Å²) < 4.78 is 0. The van der Waals surface area contributed by atoms with E-state index < -0.39 is 6.04 Å². The SMILES string of the molecule is Cc1ccc2nc(C3CCCN3C(=O)C(N)C(C)C)[nH]c(=O)c2c1. The maximum atomic E-state index is 12.6. The van der Waals surface area contributed by atoms with Gasteiger partial charge in [0, 0.05) is 6.54 Å². The number of carbonyl (C=O) groups is 1. The van der Waals surface area contributed by atoms with Gasteiger partial charge in [0.1, 0.15) is 5.82 Å². The Morgan fingerprint density at radius 1 is 1.42 bits per heavy atom. The molecule has 6 nitrogen and oxygen atoms in total. The molecule has 128 valence electrons. The smallest absolute Gasteiger partial charge is 0.258 e. The van der Waals surface area contributed by atoms with Gasteiger partial charge in [-0.05, 0) is 37.8 Å². The lowest BCUT2D eigenvalue weighted by molar-refractivity contribution is -0.134. The van der Waals surface area contributed by atoms with E-state index in [4.69, 9.17) is 5.73 Å². The monoisotopic (exact) mass is 328 g/mol. The van der Waals surface area contributed by atoms with E-state index >= 15 is 0 Å². The van der Waals surface area contributed by atoms with Crippen LogP contribution in [0.5, 0.6) is 0 Å². The summed E-state index contributed by atoms with van der Waals surface area (Å²) in [5, 5.41) is 0.577. The van der Waals surface area contributed by atoms with Crippen LogP contribution < -0.4 is 11.3 Å². The lowest BCUT2D eigenvalue weighted by Gasteiger charge is -2.28. The van der Waals surface area contributed by atoms with Gasteiger partial charge in [0.25, 0.3) is 5.56 Å². The molecule has 1 saturated heterocycles. The number of H-pyrrole nitrogens is 1. The first kappa shape index (κ1) is 16.6. The Morgan fingerprint density at radius 3 is 2.88 bits per heavy atom. The van der Waals surface area contributed by atoms with Gasteiger partial charge in [-0.3, -0.25) is 9.59 Å². The molecule has 1 aliphatic heterocycles. The molecule has 3 N–H and O–H groups in total. The molecule has 0 bridgehead atoms. The molecule has 1 aromatic carbocycles. The zero-order valence-electron chi connectivity index (χ0n) is 14.4. The number of aromatic nitrogens is 2. The number of carbonyl (C=O) groups excluding carboxylic acids is 1. The third-order valence-electron chi connectivity index (χ3n) is 4.73. The Kier molecular flexibility index (Phi) is 4.41. The zero-order valence-corrected chi connectivity index (χ0v) is 14.4. The zero-order chi connectivity index (χ0) is 17.4. The summed E-state index contributed by atoms with van der Waals surface area (Å²) in [6, 6.07) is 4.88. The van der Waals surface area contributed by atoms with Crippen molar-refractivity contribution in [1.82, 2.24) is 14.9 Å². The highest BCUT2D eigenvalue weighted by Gasteiger charge is 2.35. The summed E-state index contributed by atoms with van der Waals surface area (Å²) in [5.74, 6) is 0.558. The van der Waals surface area contributed by atoms with E-state index in [1.165, 1.54) is 0 Å². The van der Waals surface area contributed by atoms with Crippen molar-refractivity contribution in [3.05, 3.63) is 39.9 Å².